The molecule has 0 spiro atoms. The maximum atomic E-state index is 13.9. The fraction of sp³-hybridized carbons (Fsp3) is 0.190. The van der Waals surface area contributed by atoms with E-state index in [4.69, 9.17) is 4.74 Å². The van der Waals surface area contributed by atoms with Gasteiger partial charge in [0.15, 0.2) is 15.5 Å². The molecule has 5 nitrogen and oxygen atoms in total. The Labute approximate surface area is 172 Å². The lowest BCUT2D eigenvalue weighted by molar-refractivity contribution is -0.140. The van der Waals surface area contributed by atoms with E-state index in [0.717, 1.165) is 11.9 Å². The van der Waals surface area contributed by atoms with Crippen molar-refractivity contribution in [2.75, 3.05) is 25.7 Å². The predicted molar refractivity (Wildman–Crippen MR) is 109 cm³/mol. The molecule has 3 rings (SSSR count). The third kappa shape index (κ3) is 4.40. The summed E-state index contributed by atoms with van der Waals surface area (Å²) in [6.45, 7) is 0. The van der Waals surface area contributed by atoms with Crippen molar-refractivity contribution < 1.29 is 26.3 Å². The molecule has 0 bridgehead atoms. The molecular weight excluding hydrogens is 417 g/mol. The Bertz CT molecular complexity index is 1160. The fourth-order valence-electron chi connectivity index (χ4n) is 3.04. The first-order chi connectivity index (χ1) is 14.0. The second kappa shape index (κ2) is 7.98. The summed E-state index contributed by atoms with van der Waals surface area (Å²) in [4.78, 5) is 3.74. The van der Waals surface area contributed by atoms with Crippen LogP contribution in [-0.4, -0.2) is 33.8 Å². The van der Waals surface area contributed by atoms with E-state index in [9.17, 15) is 21.6 Å². The smallest absolute Gasteiger partial charge is 0.434 e. The van der Waals surface area contributed by atoms with Crippen molar-refractivity contribution in [2.45, 2.75) is 11.1 Å². The minimum atomic E-state index is -4.73. The minimum absolute atomic E-state index is 0.0724. The molecular formula is C21H19F3N2O3S. The van der Waals surface area contributed by atoms with E-state index in [1.54, 1.807) is 31.3 Å². The van der Waals surface area contributed by atoms with Crippen LogP contribution in [0.4, 0.5) is 18.9 Å². The van der Waals surface area contributed by atoms with E-state index in [1.165, 1.54) is 37.4 Å². The van der Waals surface area contributed by atoms with Crippen LogP contribution in [0, 0.1) is 0 Å². The molecule has 0 saturated heterocycles. The summed E-state index contributed by atoms with van der Waals surface area (Å²) in [6.07, 6.45) is -3.67. The second-order valence-electron chi connectivity index (χ2n) is 6.56. The lowest BCUT2D eigenvalue weighted by Gasteiger charge is -2.18. The van der Waals surface area contributed by atoms with Crippen LogP contribution < -0.4 is 10.1 Å². The number of hydrogen-bond donors (Lipinski definition) is 1. The fourth-order valence-corrected chi connectivity index (χ4v) is 3.67. The van der Waals surface area contributed by atoms with E-state index >= 15 is 0 Å². The Kier molecular flexibility index (Phi) is 5.76. The monoisotopic (exact) mass is 436 g/mol. The van der Waals surface area contributed by atoms with Crippen LogP contribution in [0.3, 0.4) is 0 Å². The van der Waals surface area contributed by atoms with Gasteiger partial charge in [-0.25, -0.2) is 13.4 Å². The van der Waals surface area contributed by atoms with Gasteiger partial charge in [0.1, 0.15) is 0 Å². The van der Waals surface area contributed by atoms with Crippen LogP contribution in [0.5, 0.6) is 5.88 Å². The molecule has 0 aliphatic carbocycles. The van der Waals surface area contributed by atoms with Crippen molar-refractivity contribution >= 4 is 15.5 Å². The molecule has 0 aliphatic heterocycles. The third-order valence-electron chi connectivity index (χ3n) is 4.53. The number of hydrogen-bond acceptors (Lipinski definition) is 5. The molecule has 158 valence electrons. The highest BCUT2D eigenvalue weighted by molar-refractivity contribution is 7.90. The average molecular weight is 436 g/mol. The minimum Gasteiger partial charge on any atom is -0.481 e. The molecule has 0 saturated carbocycles. The molecule has 1 heterocycles. The van der Waals surface area contributed by atoms with Crippen LogP contribution in [0.15, 0.2) is 59.5 Å². The van der Waals surface area contributed by atoms with E-state index in [-0.39, 0.29) is 21.9 Å². The largest absolute Gasteiger partial charge is 0.481 e. The molecule has 2 aromatic carbocycles. The summed E-state index contributed by atoms with van der Waals surface area (Å²) in [5.41, 5.74) is 0.499. The van der Waals surface area contributed by atoms with Crippen molar-refractivity contribution in [1.82, 2.24) is 4.98 Å². The number of methoxy groups -OCH3 is 1. The highest BCUT2D eigenvalue weighted by Crippen LogP contribution is 2.43. The molecule has 0 atom stereocenters. The van der Waals surface area contributed by atoms with Crippen molar-refractivity contribution in [2.24, 2.45) is 0 Å². The molecule has 0 unspecified atom stereocenters. The van der Waals surface area contributed by atoms with Crippen molar-refractivity contribution in [3.8, 4) is 28.1 Å². The molecule has 1 aromatic heterocycles. The Morgan fingerprint density at radius 2 is 1.53 bits per heavy atom. The number of anilines is 1. The van der Waals surface area contributed by atoms with Crippen molar-refractivity contribution in [3.63, 3.8) is 0 Å². The van der Waals surface area contributed by atoms with Gasteiger partial charge >= 0.3 is 6.18 Å². The summed E-state index contributed by atoms with van der Waals surface area (Å²) in [5, 5.41) is 2.92. The highest BCUT2D eigenvalue weighted by Gasteiger charge is 2.38. The number of halogens is 3. The van der Waals surface area contributed by atoms with Gasteiger partial charge in [0, 0.05) is 30.6 Å². The summed E-state index contributed by atoms with van der Waals surface area (Å²) >= 11 is 0. The van der Waals surface area contributed by atoms with Gasteiger partial charge < -0.3 is 10.1 Å². The first-order valence-electron chi connectivity index (χ1n) is 8.79. The standard InChI is InChI=1S/C21H19F3N2O3S/c1-25-15-8-4-14(5-9-15)19-17(12-18(29-2)26-20(19)21(22,23)24)13-6-10-16(11-7-13)30(3,27)28/h4-12,25H,1-3H3. The number of rotatable bonds is 5. The Morgan fingerprint density at radius 1 is 0.967 bits per heavy atom. The summed E-state index contributed by atoms with van der Waals surface area (Å²) in [5.74, 6) is -0.194. The Morgan fingerprint density at radius 3 is 2.00 bits per heavy atom. The van der Waals surface area contributed by atoms with Gasteiger partial charge in [-0.15, -0.1) is 0 Å². The van der Waals surface area contributed by atoms with E-state index in [1.807, 2.05) is 0 Å². The molecule has 9 heteroatoms. The Balaban J connectivity index is 2.32. The number of alkyl halides is 3. The molecule has 3 aromatic rings. The molecule has 1 N–H and O–H groups in total. The maximum absolute atomic E-state index is 13.9. The van der Waals surface area contributed by atoms with E-state index in [0.29, 0.717) is 11.1 Å². The number of ether oxygens (including phenoxy) is 1. The summed E-state index contributed by atoms with van der Waals surface area (Å²) < 4.78 is 70.2. The summed E-state index contributed by atoms with van der Waals surface area (Å²) in [7, 11) is -0.495. The quantitative estimate of drug-likeness (QED) is 0.617. The SMILES string of the molecule is CNc1ccc(-c2c(-c3ccc(S(C)(=O)=O)cc3)cc(OC)nc2C(F)(F)F)cc1. The third-order valence-corrected chi connectivity index (χ3v) is 5.66. The van der Waals surface area contributed by atoms with Gasteiger partial charge in [-0.2, -0.15) is 13.2 Å². The van der Waals surface area contributed by atoms with Crippen LogP contribution in [0.1, 0.15) is 5.69 Å². The van der Waals surface area contributed by atoms with Gasteiger partial charge in [-0.3, -0.25) is 0 Å². The molecule has 0 radical (unpaired) electrons. The van der Waals surface area contributed by atoms with Crippen LogP contribution in [-0.2, 0) is 16.0 Å². The predicted octanol–water partition coefficient (Wildman–Crippen LogP) is 4.89. The van der Waals surface area contributed by atoms with Crippen LogP contribution >= 0.6 is 0 Å². The van der Waals surface area contributed by atoms with Crippen LogP contribution in [0.25, 0.3) is 22.3 Å². The molecule has 0 fully saturated rings. The van der Waals surface area contributed by atoms with E-state index < -0.39 is 21.7 Å². The first-order valence-corrected chi connectivity index (χ1v) is 10.7. The molecule has 0 amide bonds. The van der Waals surface area contributed by atoms with Crippen molar-refractivity contribution in [1.29, 1.82) is 0 Å². The molecule has 30 heavy (non-hydrogen) atoms. The first kappa shape index (κ1) is 21.6. The normalized spacial score (nSPS) is 11.9. The number of sulfone groups is 1. The maximum Gasteiger partial charge on any atom is 0.434 e. The number of nitrogens with one attached hydrogen (secondary N) is 1. The average Bonchev–Trinajstić information content (AvgIpc) is 2.71. The van der Waals surface area contributed by atoms with Gasteiger partial charge in [0.2, 0.25) is 5.88 Å². The summed E-state index contributed by atoms with van der Waals surface area (Å²) in [6, 6.07) is 13.5. The number of benzene rings is 2. The zero-order valence-electron chi connectivity index (χ0n) is 16.4. The lowest BCUT2D eigenvalue weighted by atomic mass is 9.93. The zero-order valence-corrected chi connectivity index (χ0v) is 17.2. The number of aromatic nitrogens is 1. The van der Waals surface area contributed by atoms with Gasteiger partial charge in [-0.1, -0.05) is 24.3 Å². The van der Waals surface area contributed by atoms with Crippen LogP contribution in [0.2, 0.25) is 0 Å². The number of nitrogens with zero attached hydrogens (tertiary/aromatic N) is 1. The van der Waals surface area contributed by atoms with Gasteiger partial charge in [0.05, 0.1) is 12.0 Å². The molecule has 0 aliphatic rings. The number of pyridine rings is 1. The zero-order chi connectivity index (χ0) is 22.1. The highest BCUT2D eigenvalue weighted by atomic mass is 32.2. The van der Waals surface area contributed by atoms with E-state index in [2.05, 4.69) is 10.3 Å². The topological polar surface area (TPSA) is 68.3 Å². The van der Waals surface area contributed by atoms with Gasteiger partial charge in [-0.05, 0) is 41.0 Å². The Hall–Kier alpha value is -3.07. The second-order valence-corrected chi connectivity index (χ2v) is 8.57. The lowest BCUT2D eigenvalue weighted by Crippen LogP contribution is -2.12. The van der Waals surface area contributed by atoms with Gasteiger partial charge in [0.25, 0.3) is 0 Å². The van der Waals surface area contributed by atoms with Crippen molar-refractivity contribution in [3.05, 3.63) is 60.3 Å².